The Balaban J connectivity index is 2.51. The van der Waals surface area contributed by atoms with Crippen molar-refractivity contribution < 1.29 is 9.53 Å². The van der Waals surface area contributed by atoms with E-state index in [4.69, 9.17) is 16.3 Å². The first-order valence-electron chi connectivity index (χ1n) is 4.99. The number of hydrogen-bond acceptors (Lipinski definition) is 3. The van der Waals surface area contributed by atoms with Gasteiger partial charge in [-0.3, -0.25) is 4.79 Å². The second-order valence-electron chi connectivity index (χ2n) is 3.44. The zero-order chi connectivity index (χ0) is 12.3. The molecule has 4 heteroatoms. The van der Waals surface area contributed by atoms with Crippen molar-refractivity contribution in [3.63, 3.8) is 0 Å². The number of carbonyl (C=O) groups is 1. The molecular weight excluding hydrogens is 238 g/mol. The minimum absolute atomic E-state index is 0.426. The normalized spacial score (nSPS) is 10.0. The van der Waals surface area contributed by atoms with E-state index < -0.39 is 0 Å². The van der Waals surface area contributed by atoms with Crippen LogP contribution in [0.4, 0.5) is 0 Å². The third-order valence-corrected chi connectivity index (χ3v) is 2.65. The summed E-state index contributed by atoms with van der Waals surface area (Å²) < 4.78 is 5.07. The molecule has 1 heterocycles. The number of benzene rings is 1. The fraction of sp³-hybridized carbons (Fsp3) is 0.0769. The maximum atomic E-state index is 11.0. The molecule has 0 atom stereocenters. The predicted molar refractivity (Wildman–Crippen MR) is 66.6 cm³/mol. The second kappa shape index (κ2) is 4.97. The van der Waals surface area contributed by atoms with Gasteiger partial charge in [-0.2, -0.15) is 0 Å². The van der Waals surface area contributed by atoms with Crippen LogP contribution in [-0.2, 0) is 0 Å². The Kier molecular flexibility index (Phi) is 3.40. The minimum Gasteiger partial charge on any atom is -0.497 e. The Bertz CT molecular complexity index is 538. The van der Waals surface area contributed by atoms with Crippen molar-refractivity contribution >= 4 is 17.9 Å². The molecule has 0 amide bonds. The molecule has 0 aliphatic carbocycles. The van der Waals surface area contributed by atoms with Crippen LogP contribution in [0.2, 0.25) is 5.15 Å². The Morgan fingerprint density at radius 3 is 2.71 bits per heavy atom. The first-order valence-corrected chi connectivity index (χ1v) is 5.37. The summed E-state index contributed by atoms with van der Waals surface area (Å²) in [6.07, 6.45) is 2.43. The van der Waals surface area contributed by atoms with E-state index in [1.54, 1.807) is 31.5 Å². The molecule has 0 radical (unpaired) electrons. The van der Waals surface area contributed by atoms with E-state index in [2.05, 4.69) is 4.98 Å². The molecule has 86 valence electrons. The third-order valence-electron chi connectivity index (χ3n) is 2.42. The summed E-state index contributed by atoms with van der Waals surface area (Å²) in [6.45, 7) is 0. The molecule has 2 aromatic rings. The van der Waals surface area contributed by atoms with Crippen LogP contribution < -0.4 is 4.74 Å². The first kappa shape index (κ1) is 11.6. The molecule has 3 nitrogen and oxygen atoms in total. The molecule has 2 rings (SSSR count). The number of nitrogens with zero attached hydrogens (tertiary/aromatic N) is 1. The van der Waals surface area contributed by atoms with Crippen LogP contribution in [-0.4, -0.2) is 18.4 Å². The summed E-state index contributed by atoms with van der Waals surface area (Å²) in [5.41, 5.74) is 2.22. The lowest BCUT2D eigenvalue weighted by Crippen LogP contribution is -1.91. The maximum absolute atomic E-state index is 11.0. The van der Waals surface area contributed by atoms with E-state index in [-0.39, 0.29) is 0 Å². The average molecular weight is 248 g/mol. The Hall–Kier alpha value is -1.87. The summed E-state index contributed by atoms with van der Waals surface area (Å²) >= 11 is 5.72. The quantitative estimate of drug-likeness (QED) is 0.618. The number of ether oxygens (including phenoxy) is 1. The van der Waals surface area contributed by atoms with Crippen molar-refractivity contribution in [3.05, 3.63) is 47.2 Å². The van der Waals surface area contributed by atoms with E-state index in [9.17, 15) is 4.79 Å². The zero-order valence-corrected chi connectivity index (χ0v) is 9.94. The molecule has 0 unspecified atom stereocenters. The molecular formula is C13H10ClNO2. The van der Waals surface area contributed by atoms with Crippen molar-refractivity contribution in [2.75, 3.05) is 7.11 Å². The summed E-state index contributed by atoms with van der Waals surface area (Å²) in [7, 11) is 1.56. The number of hydrogen-bond donors (Lipinski definition) is 0. The SMILES string of the molecule is COc1ccc(-c2ccc(Cl)nc2)c(C=O)c1. The number of methoxy groups -OCH3 is 1. The summed E-state index contributed by atoms with van der Waals surface area (Å²) in [5, 5.41) is 0.426. The number of carbonyl (C=O) groups excluding carboxylic acids is 1. The highest BCUT2D eigenvalue weighted by Gasteiger charge is 2.06. The first-order chi connectivity index (χ1) is 8.24. The van der Waals surface area contributed by atoms with Gasteiger partial charge in [-0.1, -0.05) is 11.6 Å². The average Bonchev–Trinajstić information content (AvgIpc) is 2.39. The van der Waals surface area contributed by atoms with Gasteiger partial charge in [-0.15, -0.1) is 0 Å². The topological polar surface area (TPSA) is 39.2 Å². The lowest BCUT2D eigenvalue weighted by atomic mass is 10.0. The van der Waals surface area contributed by atoms with Crippen LogP contribution in [0.3, 0.4) is 0 Å². The lowest BCUT2D eigenvalue weighted by molar-refractivity contribution is 0.112. The van der Waals surface area contributed by atoms with Crippen molar-refractivity contribution in [3.8, 4) is 16.9 Å². The Labute approximate surface area is 104 Å². The predicted octanol–water partition coefficient (Wildman–Crippen LogP) is 3.22. The highest BCUT2D eigenvalue weighted by molar-refractivity contribution is 6.29. The monoisotopic (exact) mass is 247 g/mol. The molecule has 0 aliphatic heterocycles. The Morgan fingerprint density at radius 1 is 1.29 bits per heavy atom. The maximum Gasteiger partial charge on any atom is 0.150 e. The summed E-state index contributed by atoms with van der Waals surface area (Å²) in [5.74, 6) is 0.651. The number of rotatable bonds is 3. The fourth-order valence-electron chi connectivity index (χ4n) is 1.56. The van der Waals surface area contributed by atoms with Gasteiger partial charge in [0.2, 0.25) is 0 Å². The zero-order valence-electron chi connectivity index (χ0n) is 9.18. The van der Waals surface area contributed by atoms with Gasteiger partial charge in [0.05, 0.1) is 7.11 Å². The van der Waals surface area contributed by atoms with Gasteiger partial charge in [0.15, 0.2) is 6.29 Å². The molecule has 1 aromatic heterocycles. The third kappa shape index (κ3) is 2.45. The van der Waals surface area contributed by atoms with E-state index >= 15 is 0 Å². The van der Waals surface area contributed by atoms with Crippen LogP contribution >= 0.6 is 11.6 Å². The summed E-state index contributed by atoms with van der Waals surface area (Å²) in [4.78, 5) is 15.0. The highest BCUT2D eigenvalue weighted by Crippen LogP contribution is 2.26. The second-order valence-corrected chi connectivity index (χ2v) is 3.83. The molecule has 0 N–H and O–H groups in total. The molecule has 0 spiro atoms. The standard InChI is InChI=1S/C13H10ClNO2/c1-17-11-3-4-12(10(6-11)8-16)9-2-5-13(14)15-7-9/h2-8H,1H3. The van der Waals surface area contributed by atoms with E-state index in [0.29, 0.717) is 16.5 Å². The smallest absolute Gasteiger partial charge is 0.150 e. The van der Waals surface area contributed by atoms with Gasteiger partial charge in [-0.05, 0) is 35.9 Å². The minimum atomic E-state index is 0.426. The number of pyridine rings is 1. The van der Waals surface area contributed by atoms with Crippen LogP contribution in [0.5, 0.6) is 5.75 Å². The van der Waals surface area contributed by atoms with Gasteiger partial charge in [0, 0.05) is 17.3 Å². The van der Waals surface area contributed by atoms with E-state index in [1.807, 2.05) is 12.1 Å². The van der Waals surface area contributed by atoms with Crippen molar-refractivity contribution in [1.82, 2.24) is 4.98 Å². The van der Waals surface area contributed by atoms with Crippen LogP contribution in [0.15, 0.2) is 36.5 Å². The van der Waals surface area contributed by atoms with E-state index in [1.165, 1.54) is 0 Å². The fourth-order valence-corrected chi connectivity index (χ4v) is 1.68. The van der Waals surface area contributed by atoms with Gasteiger partial charge >= 0.3 is 0 Å². The van der Waals surface area contributed by atoms with E-state index in [0.717, 1.165) is 17.4 Å². The Morgan fingerprint density at radius 2 is 2.12 bits per heavy atom. The molecule has 0 saturated carbocycles. The molecule has 0 bridgehead atoms. The molecule has 17 heavy (non-hydrogen) atoms. The van der Waals surface area contributed by atoms with Crippen molar-refractivity contribution in [2.24, 2.45) is 0 Å². The van der Waals surface area contributed by atoms with Crippen LogP contribution in [0.25, 0.3) is 11.1 Å². The lowest BCUT2D eigenvalue weighted by Gasteiger charge is -2.07. The molecule has 0 saturated heterocycles. The highest BCUT2D eigenvalue weighted by atomic mass is 35.5. The summed E-state index contributed by atoms with van der Waals surface area (Å²) in [6, 6.07) is 8.83. The number of aldehydes is 1. The van der Waals surface area contributed by atoms with Crippen molar-refractivity contribution in [2.45, 2.75) is 0 Å². The van der Waals surface area contributed by atoms with Crippen molar-refractivity contribution in [1.29, 1.82) is 0 Å². The van der Waals surface area contributed by atoms with Gasteiger partial charge < -0.3 is 4.74 Å². The number of aromatic nitrogens is 1. The molecule has 0 aliphatic rings. The van der Waals surface area contributed by atoms with Gasteiger partial charge in [0.1, 0.15) is 10.9 Å². The number of halogens is 1. The van der Waals surface area contributed by atoms with Crippen LogP contribution in [0.1, 0.15) is 10.4 Å². The van der Waals surface area contributed by atoms with Gasteiger partial charge in [0.25, 0.3) is 0 Å². The van der Waals surface area contributed by atoms with Crippen LogP contribution in [0, 0.1) is 0 Å². The largest absolute Gasteiger partial charge is 0.497 e. The molecule has 0 fully saturated rings. The van der Waals surface area contributed by atoms with Gasteiger partial charge in [-0.25, -0.2) is 4.98 Å². The molecule has 1 aromatic carbocycles.